The first-order valence-corrected chi connectivity index (χ1v) is 7.20. The summed E-state index contributed by atoms with van der Waals surface area (Å²) in [7, 11) is 0. The van der Waals surface area contributed by atoms with Crippen molar-refractivity contribution in [1.82, 2.24) is 0 Å². The Kier molecular flexibility index (Phi) is 2.45. The largest absolute Gasteiger partial charge is 0.380 e. The molecule has 1 heteroatoms. The fourth-order valence-corrected chi connectivity index (χ4v) is 4.51. The summed E-state index contributed by atoms with van der Waals surface area (Å²) in [6.07, 6.45) is 7.78. The van der Waals surface area contributed by atoms with Gasteiger partial charge in [0.05, 0.1) is 0 Å². The summed E-state index contributed by atoms with van der Waals surface area (Å²) in [5, 5.41) is 11.4. The van der Waals surface area contributed by atoms with E-state index in [1.807, 2.05) is 0 Å². The first kappa shape index (κ1) is 12.2. The molecule has 0 radical (unpaired) electrons. The lowest BCUT2D eigenvalue weighted by Gasteiger charge is -2.47. The van der Waals surface area contributed by atoms with Crippen LogP contribution < -0.4 is 0 Å². The van der Waals surface area contributed by atoms with Crippen LogP contribution in [0.25, 0.3) is 0 Å². The second kappa shape index (κ2) is 3.60. The van der Waals surface area contributed by atoms with Gasteiger partial charge in [0, 0.05) is 11.3 Å². The van der Waals surface area contributed by atoms with Gasteiger partial charge in [-0.05, 0) is 57.6 Å². The smallest absolute Gasteiger partial charge is 0.113 e. The highest BCUT2D eigenvalue weighted by atomic mass is 16.3. The average Bonchev–Trinajstić information content (AvgIpc) is 2.82. The van der Waals surface area contributed by atoms with Gasteiger partial charge < -0.3 is 5.11 Å². The van der Waals surface area contributed by atoms with Crippen molar-refractivity contribution in [3.05, 3.63) is 34.9 Å². The van der Waals surface area contributed by atoms with Crippen LogP contribution in [0.4, 0.5) is 0 Å². The third kappa shape index (κ3) is 1.26. The first-order chi connectivity index (χ1) is 8.40. The van der Waals surface area contributed by atoms with Gasteiger partial charge in [-0.1, -0.05) is 30.2 Å². The van der Waals surface area contributed by atoms with E-state index in [2.05, 4.69) is 33.4 Å². The molecule has 1 fully saturated rings. The maximum absolute atomic E-state index is 11.4. The van der Waals surface area contributed by atoms with Crippen molar-refractivity contribution in [2.24, 2.45) is 11.3 Å². The first-order valence-electron chi connectivity index (χ1n) is 7.20. The molecule has 98 valence electrons. The van der Waals surface area contributed by atoms with Crippen LogP contribution in [0.3, 0.4) is 0 Å². The minimum atomic E-state index is -0.762. The predicted molar refractivity (Wildman–Crippen MR) is 75.2 cm³/mol. The highest BCUT2D eigenvalue weighted by Crippen LogP contribution is 2.61. The molecule has 0 aromatic rings. The lowest BCUT2D eigenvalue weighted by atomic mass is 9.61. The number of hydrogen-bond donors (Lipinski definition) is 1. The summed E-state index contributed by atoms with van der Waals surface area (Å²) in [6, 6.07) is 0. The van der Waals surface area contributed by atoms with Crippen molar-refractivity contribution in [2.45, 2.75) is 58.5 Å². The van der Waals surface area contributed by atoms with E-state index in [1.165, 1.54) is 28.7 Å². The van der Waals surface area contributed by atoms with Crippen LogP contribution in [0.1, 0.15) is 52.9 Å². The van der Waals surface area contributed by atoms with Crippen LogP contribution >= 0.6 is 0 Å². The Bertz CT molecular complexity index is 482. The van der Waals surface area contributed by atoms with Gasteiger partial charge in [-0.25, -0.2) is 0 Å². The Hall–Kier alpha value is -0.820. The number of hydrogen-bond acceptors (Lipinski definition) is 1. The Balaban J connectivity index is 2.19. The summed E-state index contributed by atoms with van der Waals surface area (Å²) in [5.41, 5.74) is 4.37. The number of allylic oxidation sites excluding steroid dienone is 2. The van der Waals surface area contributed by atoms with Gasteiger partial charge in [-0.15, -0.1) is 0 Å². The minimum Gasteiger partial charge on any atom is -0.380 e. The molecule has 0 aromatic heterocycles. The van der Waals surface area contributed by atoms with Crippen molar-refractivity contribution in [3.63, 3.8) is 0 Å². The lowest BCUT2D eigenvalue weighted by Crippen LogP contribution is -2.48. The molecule has 18 heavy (non-hydrogen) atoms. The van der Waals surface area contributed by atoms with Gasteiger partial charge in [0.15, 0.2) is 0 Å². The van der Waals surface area contributed by atoms with Crippen LogP contribution in [0, 0.1) is 11.3 Å². The predicted octanol–water partition coefficient (Wildman–Crippen LogP) is 4.15. The van der Waals surface area contributed by atoms with Crippen LogP contribution in [0.2, 0.25) is 0 Å². The van der Waals surface area contributed by atoms with Crippen LogP contribution in [-0.4, -0.2) is 10.7 Å². The fourth-order valence-electron chi connectivity index (χ4n) is 4.51. The second-order valence-electron chi connectivity index (χ2n) is 6.72. The molecule has 1 N–H and O–H groups in total. The summed E-state index contributed by atoms with van der Waals surface area (Å²) in [6.45, 7) is 10.9. The molecule has 2 bridgehead atoms. The molecule has 3 aliphatic rings. The van der Waals surface area contributed by atoms with E-state index in [4.69, 9.17) is 0 Å². The quantitative estimate of drug-likeness (QED) is 0.687. The molecule has 0 aliphatic heterocycles. The Morgan fingerprint density at radius 2 is 2.06 bits per heavy atom. The van der Waals surface area contributed by atoms with Gasteiger partial charge >= 0.3 is 0 Å². The number of fused-ring (bicyclic) bond motifs is 2. The van der Waals surface area contributed by atoms with E-state index in [1.54, 1.807) is 0 Å². The molecule has 0 aromatic carbocycles. The summed E-state index contributed by atoms with van der Waals surface area (Å²) < 4.78 is 0. The average molecular weight is 244 g/mol. The van der Waals surface area contributed by atoms with Gasteiger partial charge in [-0.3, -0.25) is 0 Å². The third-order valence-electron chi connectivity index (χ3n) is 5.84. The van der Waals surface area contributed by atoms with Gasteiger partial charge in [0.25, 0.3) is 0 Å². The third-order valence-corrected chi connectivity index (χ3v) is 5.84. The van der Waals surface area contributed by atoms with E-state index in [9.17, 15) is 5.11 Å². The normalized spacial score (nSPS) is 43.7. The fraction of sp³-hybridized carbons (Fsp3) is 0.647. The zero-order valence-corrected chi connectivity index (χ0v) is 11.8. The van der Waals surface area contributed by atoms with Gasteiger partial charge in [0.2, 0.25) is 0 Å². The van der Waals surface area contributed by atoms with E-state index in [0.29, 0.717) is 5.92 Å². The zero-order chi connectivity index (χ0) is 13.1. The molecule has 0 saturated heterocycles. The molecule has 3 rings (SSSR count). The van der Waals surface area contributed by atoms with E-state index < -0.39 is 5.60 Å². The molecule has 3 unspecified atom stereocenters. The molecular formula is C17H24O. The Labute approximate surface area is 110 Å². The van der Waals surface area contributed by atoms with E-state index in [0.717, 1.165) is 25.7 Å². The second-order valence-corrected chi connectivity index (χ2v) is 6.72. The van der Waals surface area contributed by atoms with Crippen molar-refractivity contribution in [2.75, 3.05) is 0 Å². The van der Waals surface area contributed by atoms with Crippen LogP contribution in [0.15, 0.2) is 34.9 Å². The maximum Gasteiger partial charge on any atom is 0.113 e. The highest BCUT2D eigenvalue weighted by Gasteiger charge is 2.57. The van der Waals surface area contributed by atoms with Crippen molar-refractivity contribution < 1.29 is 5.11 Å². The molecule has 0 heterocycles. The van der Waals surface area contributed by atoms with Gasteiger partial charge in [0.1, 0.15) is 5.60 Å². The standard InChI is InChI=1S/C17H24O/c1-11-6-5-7-15(11)17(18)10-12(2)14-8-9-16(17,4)13(14)3/h10,14,18H,3,5-9H2,1-2,4H3. The van der Waals surface area contributed by atoms with E-state index in [-0.39, 0.29) is 5.41 Å². The zero-order valence-electron chi connectivity index (χ0n) is 11.8. The molecule has 3 atom stereocenters. The number of rotatable bonds is 1. The van der Waals surface area contributed by atoms with Crippen molar-refractivity contribution in [1.29, 1.82) is 0 Å². The Morgan fingerprint density at radius 1 is 1.33 bits per heavy atom. The van der Waals surface area contributed by atoms with Crippen LogP contribution in [0.5, 0.6) is 0 Å². The van der Waals surface area contributed by atoms with Crippen LogP contribution in [-0.2, 0) is 0 Å². The van der Waals surface area contributed by atoms with E-state index >= 15 is 0 Å². The minimum absolute atomic E-state index is 0.141. The molecular weight excluding hydrogens is 220 g/mol. The Morgan fingerprint density at radius 3 is 2.67 bits per heavy atom. The summed E-state index contributed by atoms with van der Waals surface area (Å²) >= 11 is 0. The topological polar surface area (TPSA) is 20.2 Å². The molecule has 3 aliphatic carbocycles. The molecule has 1 nitrogen and oxygen atoms in total. The number of aliphatic hydroxyl groups is 1. The molecule has 0 spiro atoms. The van der Waals surface area contributed by atoms with Crippen molar-refractivity contribution in [3.8, 4) is 0 Å². The molecule has 0 amide bonds. The lowest BCUT2D eigenvalue weighted by molar-refractivity contribution is 0.0172. The van der Waals surface area contributed by atoms with Crippen molar-refractivity contribution >= 4 is 0 Å². The van der Waals surface area contributed by atoms with Gasteiger partial charge in [-0.2, -0.15) is 0 Å². The SMILES string of the molecule is C=C1C2CCC1(C)C(O)(C1=C(C)CCC1)C=C2C. The summed E-state index contributed by atoms with van der Waals surface area (Å²) in [4.78, 5) is 0. The monoisotopic (exact) mass is 244 g/mol. The highest BCUT2D eigenvalue weighted by molar-refractivity contribution is 5.48. The molecule has 1 saturated carbocycles. The maximum atomic E-state index is 11.4. The summed E-state index contributed by atoms with van der Waals surface area (Å²) in [5.74, 6) is 0.512.